The standard InChI is InChI=1S/C17H14N8/c1-23-9-11(7-19-23)15-12-8-20-24(2)16(12)22-17(21-15)25-10-18-13-5-3-4-6-14(13)25/h3-10H,1-2H3. The minimum absolute atomic E-state index is 0.559. The zero-order valence-electron chi connectivity index (χ0n) is 13.7. The Morgan fingerprint density at radius 3 is 2.68 bits per heavy atom. The monoisotopic (exact) mass is 330 g/mol. The second-order valence-corrected chi connectivity index (χ2v) is 5.88. The van der Waals surface area contributed by atoms with Gasteiger partial charge in [0.05, 0.1) is 34.5 Å². The Morgan fingerprint density at radius 1 is 0.960 bits per heavy atom. The fourth-order valence-corrected chi connectivity index (χ4v) is 3.00. The van der Waals surface area contributed by atoms with Crippen molar-refractivity contribution in [3.8, 4) is 17.2 Å². The summed E-state index contributed by atoms with van der Waals surface area (Å²) < 4.78 is 5.40. The molecule has 0 amide bonds. The van der Waals surface area contributed by atoms with E-state index in [9.17, 15) is 0 Å². The molecule has 0 radical (unpaired) electrons. The second kappa shape index (κ2) is 4.97. The van der Waals surface area contributed by atoms with Gasteiger partial charge < -0.3 is 0 Å². The van der Waals surface area contributed by atoms with Gasteiger partial charge in [0.1, 0.15) is 6.33 Å². The Balaban J connectivity index is 1.83. The summed E-state index contributed by atoms with van der Waals surface area (Å²) in [7, 11) is 3.76. The van der Waals surface area contributed by atoms with Crippen molar-refractivity contribution in [3.63, 3.8) is 0 Å². The van der Waals surface area contributed by atoms with Gasteiger partial charge >= 0.3 is 0 Å². The minimum Gasteiger partial charge on any atom is -0.275 e. The van der Waals surface area contributed by atoms with Crippen LogP contribution in [-0.4, -0.2) is 39.1 Å². The van der Waals surface area contributed by atoms with E-state index < -0.39 is 0 Å². The molecule has 5 rings (SSSR count). The van der Waals surface area contributed by atoms with Crippen LogP contribution in [0.5, 0.6) is 0 Å². The molecular formula is C17H14N8. The predicted octanol–water partition coefficient (Wildman–Crippen LogP) is 2.10. The predicted molar refractivity (Wildman–Crippen MR) is 93.1 cm³/mol. The van der Waals surface area contributed by atoms with Gasteiger partial charge in [0, 0.05) is 25.9 Å². The van der Waals surface area contributed by atoms with Crippen molar-refractivity contribution in [2.45, 2.75) is 0 Å². The van der Waals surface area contributed by atoms with Crippen LogP contribution in [-0.2, 0) is 14.1 Å². The molecule has 0 fully saturated rings. The summed E-state index contributed by atoms with van der Waals surface area (Å²) in [6, 6.07) is 7.91. The number of imidazole rings is 1. The van der Waals surface area contributed by atoms with Crippen molar-refractivity contribution in [1.29, 1.82) is 0 Å². The zero-order valence-corrected chi connectivity index (χ0v) is 13.7. The molecule has 0 aliphatic heterocycles. The van der Waals surface area contributed by atoms with Gasteiger partial charge in [0.15, 0.2) is 5.65 Å². The molecule has 0 saturated heterocycles. The molecule has 0 aliphatic rings. The van der Waals surface area contributed by atoms with Gasteiger partial charge in [-0.2, -0.15) is 15.2 Å². The number of para-hydroxylation sites is 2. The summed E-state index contributed by atoms with van der Waals surface area (Å²) in [6.45, 7) is 0. The molecule has 1 aromatic carbocycles. The Bertz CT molecular complexity index is 1230. The summed E-state index contributed by atoms with van der Waals surface area (Å²) in [4.78, 5) is 13.9. The largest absolute Gasteiger partial charge is 0.275 e. The highest BCUT2D eigenvalue weighted by Crippen LogP contribution is 2.27. The molecular weight excluding hydrogens is 316 g/mol. The summed E-state index contributed by atoms with van der Waals surface area (Å²) >= 11 is 0. The number of hydrogen-bond donors (Lipinski definition) is 0. The molecule has 0 atom stereocenters. The topological polar surface area (TPSA) is 79.2 Å². The normalized spacial score (nSPS) is 11.6. The Labute approximate surface area is 142 Å². The number of rotatable bonds is 2. The molecule has 0 saturated carbocycles. The summed E-state index contributed by atoms with van der Waals surface area (Å²) in [6.07, 6.45) is 7.26. The van der Waals surface area contributed by atoms with Crippen LogP contribution in [0.15, 0.2) is 49.2 Å². The van der Waals surface area contributed by atoms with Crippen LogP contribution in [0.1, 0.15) is 0 Å². The van der Waals surface area contributed by atoms with E-state index in [0.29, 0.717) is 5.95 Å². The lowest BCUT2D eigenvalue weighted by molar-refractivity contribution is 0.768. The second-order valence-electron chi connectivity index (χ2n) is 5.88. The summed E-state index contributed by atoms with van der Waals surface area (Å²) in [5, 5.41) is 9.49. The maximum Gasteiger partial charge on any atom is 0.238 e. The molecule has 0 spiro atoms. The van der Waals surface area contributed by atoms with Crippen molar-refractivity contribution < 1.29 is 0 Å². The van der Waals surface area contributed by atoms with Gasteiger partial charge in [-0.3, -0.25) is 13.9 Å². The lowest BCUT2D eigenvalue weighted by atomic mass is 10.2. The number of aryl methyl sites for hydroxylation is 2. The highest BCUT2D eigenvalue weighted by Gasteiger charge is 2.16. The molecule has 4 heterocycles. The van der Waals surface area contributed by atoms with Crippen LogP contribution in [0.2, 0.25) is 0 Å². The molecule has 25 heavy (non-hydrogen) atoms. The average Bonchev–Trinajstić information content (AvgIpc) is 3.33. The molecule has 122 valence electrons. The highest BCUT2D eigenvalue weighted by molar-refractivity contribution is 5.90. The van der Waals surface area contributed by atoms with Crippen molar-refractivity contribution >= 4 is 22.1 Å². The van der Waals surface area contributed by atoms with Crippen LogP contribution in [0.25, 0.3) is 39.3 Å². The first-order chi connectivity index (χ1) is 12.2. The third-order valence-electron chi connectivity index (χ3n) is 4.23. The first-order valence-electron chi connectivity index (χ1n) is 7.82. The van der Waals surface area contributed by atoms with Crippen LogP contribution in [0.3, 0.4) is 0 Å². The number of fused-ring (bicyclic) bond motifs is 2. The van der Waals surface area contributed by atoms with Crippen molar-refractivity contribution in [1.82, 2.24) is 39.1 Å². The summed E-state index contributed by atoms with van der Waals surface area (Å²) in [5.74, 6) is 0.559. The average molecular weight is 330 g/mol. The van der Waals surface area contributed by atoms with E-state index in [0.717, 1.165) is 33.3 Å². The van der Waals surface area contributed by atoms with Gasteiger partial charge in [0.25, 0.3) is 0 Å². The molecule has 8 nitrogen and oxygen atoms in total. The van der Waals surface area contributed by atoms with Gasteiger partial charge in [-0.15, -0.1) is 0 Å². The SMILES string of the molecule is Cn1cc(-c2nc(-n3cnc4ccccc43)nc3c2cnn3C)cn1. The smallest absolute Gasteiger partial charge is 0.238 e. The Morgan fingerprint density at radius 2 is 1.84 bits per heavy atom. The molecule has 0 bridgehead atoms. The third-order valence-corrected chi connectivity index (χ3v) is 4.23. The first-order valence-corrected chi connectivity index (χ1v) is 7.82. The van der Waals surface area contributed by atoms with Crippen LogP contribution >= 0.6 is 0 Å². The maximum absolute atomic E-state index is 4.80. The quantitative estimate of drug-likeness (QED) is 0.495. The van der Waals surface area contributed by atoms with Crippen molar-refractivity contribution in [2.75, 3.05) is 0 Å². The lowest BCUT2D eigenvalue weighted by Crippen LogP contribution is -2.03. The van der Waals surface area contributed by atoms with E-state index in [1.54, 1.807) is 28.1 Å². The zero-order chi connectivity index (χ0) is 17.0. The molecule has 4 aromatic heterocycles. The maximum atomic E-state index is 4.80. The molecule has 0 unspecified atom stereocenters. The Kier molecular flexibility index (Phi) is 2.75. The summed E-state index contributed by atoms with van der Waals surface area (Å²) in [5.41, 5.74) is 4.36. The van der Waals surface area contributed by atoms with Crippen LogP contribution in [0, 0.1) is 0 Å². The fraction of sp³-hybridized carbons (Fsp3) is 0.118. The number of aromatic nitrogens is 8. The van der Waals surface area contributed by atoms with Gasteiger partial charge in [-0.05, 0) is 12.1 Å². The van der Waals surface area contributed by atoms with Crippen LogP contribution < -0.4 is 0 Å². The molecule has 0 aliphatic carbocycles. The molecule has 5 aromatic rings. The fourth-order valence-electron chi connectivity index (χ4n) is 3.00. The molecule has 8 heteroatoms. The lowest BCUT2D eigenvalue weighted by Gasteiger charge is -2.06. The van der Waals surface area contributed by atoms with Crippen molar-refractivity contribution in [2.24, 2.45) is 14.1 Å². The Hall–Kier alpha value is -3.55. The number of hydrogen-bond acceptors (Lipinski definition) is 5. The van der Waals surface area contributed by atoms with Gasteiger partial charge in [-0.25, -0.2) is 9.97 Å². The van der Waals surface area contributed by atoms with E-state index in [4.69, 9.17) is 9.97 Å². The van der Waals surface area contributed by atoms with Crippen molar-refractivity contribution in [3.05, 3.63) is 49.2 Å². The molecule has 0 N–H and O–H groups in total. The van der Waals surface area contributed by atoms with E-state index >= 15 is 0 Å². The van der Waals surface area contributed by atoms with E-state index in [2.05, 4.69) is 15.2 Å². The first kappa shape index (κ1) is 13.8. The number of benzene rings is 1. The number of nitrogens with zero attached hydrogens (tertiary/aromatic N) is 8. The van der Waals surface area contributed by atoms with E-state index in [1.165, 1.54) is 0 Å². The van der Waals surface area contributed by atoms with Gasteiger partial charge in [0.2, 0.25) is 5.95 Å². The van der Waals surface area contributed by atoms with Gasteiger partial charge in [-0.1, -0.05) is 12.1 Å². The van der Waals surface area contributed by atoms with E-state index in [1.807, 2.05) is 49.1 Å². The minimum atomic E-state index is 0.559. The highest BCUT2D eigenvalue weighted by atomic mass is 15.3. The third kappa shape index (κ3) is 2.04. The van der Waals surface area contributed by atoms with Crippen LogP contribution in [0.4, 0.5) is 0 Å². The van der Waals surface area contributed by atoms with E-state index in [-0.39, 0.29) is 0 Å².